The fourth-order valence-corrected chi connectivity index (χ4v) is 4.56. The number of rotatable bonds is 5. The maximum atomic E-state index is 13.0. The summed E-state index contributed by atoms with van der Waals surface area (Å²) in [5.74, 6) is 1.36. The van der Waals surface area contributed by atoms with Crippen molar-refractivity contribution in [3.8, 4) is 11.5 Å². The second kappa shape index (κ2) is 8.00. The molecular formula is C21H24N3O6-. The Bertz CT molecular complexity index is 1020. The molecule has 1 aromatic carbocycles. The van der Waals surface area contributed by atoms with Gasteiger partial charge < -0.3 is 29.4 Å². The number of benzene rings is 1. The first kappa shape index (κ1) is 20.2. The zero-order valence-electron chi connectivity index (χ0n) is 16.9. The van der Waals surface area contributed by atoms with E-state index in [1.54, 1.807) is 30.9 Å². The van der Waals surface area contributed by atoms with Crippen LogP contribution >= 0.6 is 0 Å². The third kappa shape index (κ3) is 3.61. The SMILES string of the molecule is COc1ccc(CC(=O)N2CC3CC(C2)c2ccc(N([O-])O)c(=O)n2C3)cc1OC. The number of anilines is 1. The fraction of sp³-hybridized carbons (Fsp3) is 0.429. The van der Waals surface area contributed by atoms with Gasteiger partial charge in [0.1, 0.15) is 5.69 Å². The highest BCUT2D eigenvalue weighted by molar-refractivity contribution is 5.79. The quantitative estimate of drug-likeness (QED) is 0.743. The smallest absolute Gasteiger partial charge is 0.275 e. The van der Waals surface area contributed by atoms with Gasteiger partial charge in [-0.05, 0) is 42.2 Å². The molecule has 2 bridgehead atoms. The maximum absolute atomic E-state index is 13.0. The van der Waals surface area contributed by atoms with Crippen LogP contribution in [0.1, 0.15) is 23.6 Å². The lowest BCUT2D eigenvalue weighted by Gasteiger charge is -2.43. The van der Waals surface area contributed by atoms with E-state index >= 15 is 0 Å². The molecule has 9 heteroatoms. The number of likely N-dealkylation sites (tertiary alicyclic amines) is 1. The number of nitrogens with zero attached hydrogens (tertiary/aromatic N) is 3. The molecule has 2 unspecified atom stereocenters. The highest BCUT2D eigenvalue weighted by Crippen LogP contribution is 2.36. The molecule has 3 heterocycles. The first-order chi connectivity index (χ1) is 14.4. The van der Waals surface area contributed by atoms with E-state index in [1.165, 1.54) is 6.07 Å². The number of methoxy groups -OCH3 is 2. The maximum Gasteiger partial charge on any atom is 0.275 e. The topological polar surface area (TPSA) is 107 Å². The van der Waals surface area contributed by atoms with Gasteiger partial charge in [0.15, 0.2) is 11.5 Å². The van der Waals surface area contributed by atoms with Crippen LogP contribution in [0, 0.1) is 11.1 Å². The van der Waals surface area contributed by atoms with Crippen molar-refractivity contribution in [1.29, 1.82) is 0 Å². The van der Waals surface area contributed by atoms with E-state index in [1.807, 2.05) is 17.0 Å². The molecule has 2 atom stereocenters. The van der Waals surface area contributed by atoms with Gasteiger partial charge in [0.25, 0.3) is 5.56 Å². The number of hydrogen-bond acceptors (Lipinski definition) is 7. The third-order valence-electron chi connectivity index (χ3n) is 5.95. The monoisotopic (exact) mass is 414 g/mol. The predicted molar refractivity (Wildman–Crippen MR) is 109 cm³/mol. The average Bonchev–Trinajstić information content (AvgIpc) is 2.74. The average molecular weight is 414 g/mol. The van der Waals surface area contributed by atoms with E-state index in [-0.39, 0.29) is 35.1 Å². The molecule has 1 aromatic heterocycles. The van der Waals surface area contributed by atoms with Gasteiger partial charge in [-0.3, -0.25) is 14.8 Å². The van der Waals surface area contributed by atoms with E-state index in [0.29, 0.717) is 31.1 Å². The summed E-state index contributed by atoms with van der Waals surface area (Å²) in [6.07, 6.45) is 1.14. The van der Waals surface area contributed by atoms with Crippen LogP contribution in [0.5, 0.6) is 11.5 Å². The summed E-state index contributed by atoms with van der Waals surface area (Å²) >= 11 is 0. The summed E-state index contributed by atoms with van der Waals surface area (Å²) in [6, 6.07) is 8.48. The minimum atomic E-state index is -0.496. The Labute approximate surface area is 173 Å². The highest BCUT2D eigenvalue weighted by atomic mass is 16.8. The Hall–Kier alpha value is -3.04. The second-order valence-corrected chi connectivity index (χ2v) is 7.80. The highest BCUT2D eigenvalue weighted by Gasteiger charge is 2.36. The summed E-state index contributed by atoms with van der Waals surface area (Å²) in [6.45, 7) is 1.49. The number of ether oxygens (including phenoxy) is 2. The number of carbonyl (C=O) groups is 1. The van der Waals surface area contributed by atoms with Crippen LogP contribution in [-0.2, 0) is 17.8 Å². The Morgan fingerprint density at radius 2 is 1.93 bits per heavy atom. The van der Waals surface area contributed by atoms with E-state index in [4.69, 9.17) is 14.7 Å². The van der Waals surface area contributed by atoms with Gasteiger partial charge in [-0.2, -0.15) is 0 Å². The molecule has 30 heavy (non-hydrogen) atoms. The Morgan fingerprint density at radius 3 is 2.63 bits per heavy atom. The Balaban J connectivity index is 1.52. The van der Waals surface area contributed by atoms with E-state index in [0.717, 1.165) is 17.7 Å². The Morgan fingerprint density at radius 1 is 1.17 bits per heavy atom. The van der Waals surface area contributed by atoms with Crippen molar-refractivity contribution in [1.82, 2.24) is 9.47 Å². The van der Waals surface area contributed by atoms with Crippen molar-refractivity contribution in [3.05, 3.63) is 57.2 Å². The van der Waals surface area contributed by atoms with E-state index in [2.05, 4.69) is 0 Å². The first-order valence-corrected chi connectivity index (χ1v) is 9.79. The molecule has 1 saturated heterocycles. The number of amides is 1. The van der Waals surface area contributed by atoms with Crippen molar-refractivity contribution < 1.29 is 19.5 Å². The number of hydrogen-bond donors (Lipinski definition) is 1. The van der Waals surface area contributed by atoms with Gasteiger partial charge in [-0.15, -0.1) is 0 Å². The normalized spacial score (nSPS) is 19.8. The van der Waals surface area contributed by atoms with E-state index < -0.39 is 5.56 Å². The van der Waals surface area contributed by atoms with Crippen molar-refractivity contribution in [2.45, 2.75) is 25.3 Å². The van der Waals surface area contributed by atoms with Crippen LogP contribution < -0.4 is 20.3 Å². The predicted octanol–water partition coefficient (Wildman–Crippen LogP) is 1.75. The molecule has 1 fully saturated rings. The standard InChI is InChI=1S/C21H24N3O6/c1-29-18-6-3-13(8-19(18)30-2)9-20(25)22-10-14-7-15(12-22)16-4-5-17(24(27)28)21(26)23(16)11-14/h3-6,8,14-15,27H,7,9-12H2,1-2H3/q-1. The van der Waals surface area contributed by atoms with Gasteiger partial charge in [-0.25, -0.2) is 0 Å². The minimum Gasteiger partial charge on any atom is -0.733 e. The van der Waals surface area contributed by atoms with Gasteiger partial charge in [0, 0.05) is 31.2 Å². The van der Waals surface area contributed by atoms with Crippen molar-refractivity contribution in [3.63, 3.8) is 0 Å². The summed E-state index contributed by atoms with van der Waals surface area (Å²) in [5.41, 5.74) is 0.850. The van der Waals surface area contributed by atoms with Crippen LogP contribution in [0.25, 0.3) is 0 Å². The zero-order valence-corrected chi connectivity index (χ0v) is 16.9. The fourth-order valence-electron chi connectivity index (χ4n) is 4.56. The molecule has 0 saturated carbocycles. The molecule has 0 spiro atoms. The number of carbonyl (C=O) groups excluding carboxylic acids is 1. The number of piperidine rings is 1. The molecular weight excluding hydrogens is 390 g/mol. The summed E-state index contributed by atoms with van der Waals surface area (Å²) in [4.78, 5) is 27.3. The van der Waals surface area contributed by atoms with Gasteiger partial charge in [0.2, 0.25) is 5.91 Å². The molecule has 9 nitrogen and oxygen atoms in total. The number of fused-ring (bicyclic) bond motifs is 4. The molecule has 0 aliphatic carbocycles. The first-order valence-electron chi connectivity index (χ1n) is 9.79. The van der Waals surface area contributed by atoms with Gasteiger partial charge >= 0.3 is 0 Å². The molecule has 1 amide bonds. The van der Waals surface area contributed by atoms with Crippen LogP contribution in [0.2, 0.25) is 0 Å². The van der Waals surface area contributed by atoms with Crippen LogP contribution in [0.4, 0.5) is 5.69 Å². The largest absolute Gasteiger partial charge is 0.733 e. The third-order valence-corrected chi connectivity index (χ3v) is 5.95. The van der Waals surface area contributed by atoms with Crippen LogP contribution in [0.3, 0.4) is 0 Å². The van der Waals surface area contributed by atoms with Crippen molar-refractivity contribution in [2.75, 3.05) is 32.5 Å². The van der Waals surface area contributed by atoms with Crippen LogP contribution in [-0.4, -0.2) is 47.9 Å². The van der Waals surface area contributed by atoms with Crippen LogP contribution in [0.15, 0.2) is 35.1 Å². The number of pyridine rings is 1. The molecule has 160 valence electrons. The lowest BCUT2D eigenvalue weighted by atomic mass is 9.83. The van der Waals surface area contributed by atoms with Gasteiger partial charge in [-0.1, -0.05) is 6.07 Å². The molecule has 4 rings (SSSR count). The lowest BCUT2D eigenvalue weighted by Crippen LogP contribution is -2.49. The summed E-state index contributed by atoms with van der Waals surface area (Å²) < 4.78 is 12.1. The van der Waals surface area contributed by atoms with Gasteiger partial charge in [0.05, 0.1) is 20.6 Å². The zero-order chi connectivity index (χ0) is 21.4. The molecule has 2 aliphatic heterocycles. The Kier molecular flexibility index (Phi) is 5.40. The molecule has 2 aromatic rings. The second-order valence-electron chi connectivity index (χ2n) is 7.80. The minimum absolute atomic E-state index is 0.0189. The number of aromatic nitrogens is 1. The summed E-state index contributed by atoms with van der Waals surface area (Å²) in [7, 11) is 3.12. The summed E-state index contributed by atoms with van der Waals surface area (Å²) in [5, 5.41) is 19.9. The lowest BCUT2D eigenvalue weighted by molar-refractivity contribution is -0.133. The molecule has 1 N–H and O–H groups in total. The van der Waals surface area contributed by atoms with Crippen molar-refractivity contribution >= 4 is 11.6 Å². The van der Waals surface area contributed by atoms with E-state index in [9.17, 15) is 14.8 Å². The molecule has 0 radical (unpaired) electrons. The molecule has 2 aliphatic rings. The van der Waals surface area contributed by atoms with Crippen molar-refractivity contribution in [2.24, 2.45) is 5.92 Å².